The average molecular weight is 450 g/mol. The van der Waals surface area contributed by atoms with Gasteiger partial charge in [-0.15, -0.1) is 0 Å². The van der Waals surface area contributed by atoms with Crippen LogP contribution < -0.4 is 15.6 Å². The van der Waals surface area contributed by atoms with Crippen LogP contribution in [0.25, 0.3) is 0 Å². The summed E-state index contributed by atoms with van der Waals surface area (Å²) in [5.41, 5.74) is 3.87. The molecule has 2 aliphatic rings. The number of hydrogen-bond donors (Lipinski definition) is 2. The van der Waals surface area contributed by atoms with Crippen molar-refractivity contribution in [1.29, 1.82) is 0 Å². The lowest BCUT2D eigenvalue weighted by atomic mass is 9.92. The van der Waals surface area contributed by atoms with Crippen LogP contribution >= 0.6 is 0 Å². The van der Waals surface area contributed by atoms with E-state index in [1.54, 1.807) is 0 Å². The molecule has 4 rings (SSSR count). The molecule has 0 bridgehead atoms. The maximum atomic E-state index is 13.2. The van der Waals surface area contributed by atoms with E-state index in [2.05, 4.69) is 41.4 Å². The normalized spacial score (nSPS) is 22.4. The van der Waals surface area contributed by atoms with E-state index in [4.69, 9.17) is 4.74 Å². The molecule has 0 unspecified atom stereocenters. The Hall–Kier alpha value is -2.86. The summed E-state index contributed by atoms with van der Waals surface area (Å²) in [5.74, 6) is 0.623. The molecule has 1 saturated carbocycles. The van der Waals surface area contributed by atoms with Gasteiger partial charge in [0.25, 0.3) is 11.5 Å². The molecule has 2 N–H and O–H groups in total. The monoisotopic (exact) mass is 449 g/mol. The minimum absolute atomic E-state index is 0.128. The van der Waals surface area contributed by atoms with Crippen LogP contribution in [0.5, 0.6) is 5.75 Å². The standard InChI is InChI=1S/C27H35N3O3/c1-18-16-19-8-5-4-6-9-22-23(26(31)28-17-24(19)27(32)29-18)10-7-11-25(22)33-21-14-12-20(13-15-21)30(2)3/h4,6-7,10-11,16,20-21H,5,8-9,12-15,17H2,1-3H3,(H,28,31)(H,29,32)/b6-4+. The number of hydrogen-bond acceptors (Lipinski definition) is 4. The number of carbonyl (C=O) groups excluding carboxylic acids is 1. The van der Waals surface area contributed by atoms with Crippen LogP contribution in [-0.4, -0.2) is 42.0 Å². The lowest BCUT2D eigenvalue weighted by molar-refractivity contribution is 0.0945. The zero-order valence-corrected chi connectivity index (χ0v) is 19.9. The smallest absolute Gasteiger partial charge is 0.253 e. The molecule has 0 atom stereocenters. The van der Waals surface area contributed by atoms with Gasteiger partial charge in [-0.05, 0) is 89.7 Å². The number of benzene rings is 1. The Bertz CT molecular complexity index is 1080. The molecule has 1 aliphatic heterocycles. The Morgan fingerprint density at radius 1 is 1.03 bits per heavy atom. The Kier molecular flexibility index (Phi) is 7.33. The summed E-state index contributed by atoms with van der Waals surface area (Å²) in [7, 11) is 4.28. The molecule has 1 aliphatic carbocycles. The van der Waals surface area contributed by atoms with Gasteiger partial charge in [0.15, 0.2) is 0 Å². The fourth-order valence-electron chi connectivity index (χ4n) is 4.98. The fourth-order valence-corrected chi connectivity index (χ4v) is 4.98. The zero-order valence-electron chi connectivity index (χ0n) is 19.9. The van der Waals surface area contributed by atoms with Crippen molar-refractivity contribution in [3.8, 4) is 5.75 Å². The Morgan fingerprint density at radius 2 is 1.82 bits per heavy atom. The first kappa shape index (κ1) is 23.3. The van der Waals surface area contributed by atoms with E-state index in [0.717, 1.165) is 61.1 Å². The Balaban J connectivity index is 1.57. The molecule has 1 aromatic heterocycles. The lowest BCUT2D eigenvalue weighted by Gasteiger charge is -2.33. The van der Waals surface area contributed by atoms with Gasteiger partial charge in [-0.2, -0.15) is 0 Å². The highest BCUT2D eigenvalue weighted by Crippen LogP contribution is 2.30. The van der Waals surface area contributed by atoms with Gasteiger partial charge in [0.05, 0.1) is 6.10 Å². The van der Waals surface area contributed by atoms with Crippen molar-refractivity contribution in [2.45, 2.75) is 70.6 Å². The van der Waals surface area contributed by atoms with Crippen LogP contribution in [0.15, 0.2) is 41.2 Å². The fraction of sp³-hybridized carbons (Fsp3) is 0.481. The van der Waals surface area contributed by atoms with E-state index >= 15 is 0 Å². The third kappa shape index (κ3) is 5.56. The van der Waals surface area contributed by atoms with Crippen molar-refractivity contribution in [3.63, 3.8) is 0 Å². The van der Waals surface area contributed by atoms with Crippen molar-refractivity contribution >= 4 is 5.91 Å². The maximum Gasteiger partial charge on any atom is 0.253 e. The van der Waals surface area contributed by atoms with Crippen LogP contribution in [0.3, 0.4) is 0 Å². The molecule has 6 heteroatoms. The van der Waals surface area contributed by atoms with E-state index in [9.17, 15) is 9.59 Å². The molecule has 1 fully saturated rings. The number of aryl methyl sites for hydroxylation is 2. The molecule has 1 aromatic carbocycles. The van der Waals surface area contributed by atoms with Gasteiger partial charge in [0.1, 0.15) is 5.75 Å². The average Bonchev–Trinajstić information content (AvgIpc) is 2.78. The number of fused-ring (bicyclic) bond motifs is 2. The number of amides is 1. The Morgan fingerprint density at radius 3 is 2.58 bits per heavy atom. The number of nitrogens with one attached hydrogen (secondary N) is 2. The topological polar surface area (TPSA) is 74.4 Å². The highest BCUT2D eigenvalue weighted by molar-refractivity contribution is 5.96. The summed E-state index contributed by atoms with van der Waals surface area (Å²) in [5, 5.41) is 2.98. The van der Waals surface area contributed by atoms with Gasteiger partial charge in [-0.25, -0.2) is 0 Å². The van der Waals surface area contributed by atoms with Gasteiger partial charge < -0.3 is 19.9 Å². The van der Waals surface area contributed by atoms with E-state index in [1.165, 1.54) is 0 Å². The molecule has 33 heavy (non-hydrogen) atoms. The predicted octanol–water partition coefficient (Wildman–Crippen LogP) is 3.91. The zero-order chi connectivity index (χ0) is 23.4. The highest BCUT2D eigenvalue weighted by Gasteiger charge is 2.25. The second-order valence-corrected chi connectivity index (χ2v) is 9.48. The molecular formula is C27H35N3O3. The van der Waals surface area contributed by atoms with Crippen LogP contribution in [0, 0.1) is 6.92 Å². The quantitative estimate of drug-likeness (QED) is 0.697. The van der Waals surface area contributed by atoms with Gasteiger partial charge in [0, 0.05) is 35.0 Å². The van der Waals surface area contributed by atoms with Crippen LogP contribution in [-0.2, 0) is 19.4 Å². The van der Waals surface area contributed by atoms with Crippen LogP contribution in [0.1, 0.15) is 64.8 Å². The molecule has 0 spiro atoms. The molecule has 0 radical (unpaired) electrons. The van der Waals surface area contributed by atoms with E-state index in [1.807, 2.05) is 31.2 Å². The van der Waals surface area contributed by atoms with Crippen molar-refractivity contribution in [3.05, 3.63) is 74.7 Å². The molecule has 176 valence electrons. The number of aromatic nitrogens is 1. The van der Waals surface area contributed by atoms with Crippen LogP contribution in [0.4, 0.5) is 0 Å². The Labute approximate surface area is 196 Å². The van der Waals surface area contributed by atoms with Gasteiger partial charge in [-0.1, -0.05) is 18.2 Å². The molecule has 1 amide bonds. The van der Waals surface area contributed by atoms with E-state index < -0.39 is 0 Å². The first-order valence-electron chi connectivity index (χ1n) is 12.0. The number of aromatic amines is 1. The number of carbonyl (C=O) groups is 1. The summed E-state index contributed by atoms with van der Waals surface area (Å²) in [6, 6.07) is 8.34. The third-order valence-corrected chi connectivity index (χ3v) is 6.90. The second-order valence-electron chi connectivity index (χ2n) is 9.48. The van der Waals surface area contributed by atoms with Gasteiger partial charge in [-0.3, -0.25) is 9.59 Å². The molecule has 6 nitrogen and oxygen atoms in total. The summed E-state index contributed by atoms with van der Waals surface area (Å²) in [4.78, 5) is 30.9. The second kappa shape index (κ2) is 10.4. The van der Waals surface area contributed by atoms with E-state index in [0.29, 0.717) is 23.6 Å². The van der Waals surface area contributed by atoms with Crippen molar-refractivity contribution in [1.82, 2.24) is 15.2 Å². The lowest BCUT2D eigenvalue weighted by Crippen LogP contribution is -2.35. The van der Waals surface area contributed by atoms with Crippen molar-refractivity contribution in [2.24, 2.45) is 0 Å². The molecule has 2 aromatic rings. The number of H-pyrrole nitrogens is 1. The third-order valence-electron chi connectivity index (χ3n) is 6.90. The SMILES string of the molecule is Cc1cc2c(c(=O)[nH]1)CNC(=O)c1cccc(OC3CCC(N(C)C)CC3)c1C/C=C/CC2. The van der Waals surface area contributed by atoms with Gasteiger partial charge in [0.2, 0.25) is 0 Å². The first-order valence-corrected chi connectivity index (χ1v) is 12.0. The summed E-state index contributed by atoms with van der Waals surface area (Å²) in [6.07, 6.45) is 11.0. The minimum atomic E-state index is -0.174. The van der Waals surface area contributed by atoms with Crippen LogP contribution in [0.2, 0.25) is 0 Å². The molecular weight excluding hydrogens is 414 g/mol. The van der Waals surface area contributed by atoms with Crippen molar-refractivity contribution in [2.75, 3.05) is 14.1 Å². The van der Waals surface area contributed by atoms with Gasteiger partial charge >= 0.3 is 0 Å². The van der Waals surface area contributed by atoms with E-state index in [-0.39, 0.29) is 24.1 Å². The number of allylic oxidation sites excluding steroid dienone is 2. The number of ether oxygens (including phenoxy) is 1. The van der Waals surface area contributed by atoms with Crippen molar-refractivity contribution < 1.29 is 9.53 Å². The summed E-state index contributed by atoms with van der Waals surface area (Å²) >= 11 is 0. The predicted molar refractivity (Wildman–Crippen MR) is 131 cm³/mol. The maximum absolute atomic E-state index is 13.2. The summed E-state index contributed by atoms with van der Waals surface area (Å²) < 4.78 is 6.46. The first-order chi connectivity index (χ1) is 15.9. The number of nitrogens with zero attached hydrogens (tertiary/aromatic N) is 1. The number of pyridine rings is 1. The molecule has 2 heterocycles. The summed E-state index contributed by atoms with van der Waals surface area (Å²) in [6.45, 7) is 2.10. The largest absolute Gasteiger partial charge is 0.490 e. The highest BCUT2D eigenvalue weighted by atomic mass is 16.5. The number of rotatable bonds is 3. The minimum Gasteiger partial charge on any atom is -0.490 e. The molecule has 0 saturated heterocycles.